The summed E-state index contributed by atoms with van der Waals surface area (Å²) < 4.78 is 5.30. The third-order valence-corrected chi connectivity index (χ3v) is 2.57. The van der Waals surface area contributed by atoms with Crippen LogP contribution in [0.25, 0.3) is 0 Å². The minimum atomic E-state index is -0.413. The van der Waals surface area contributed by atoms with E-state index in [4.69, 9.17) is 10.5 Å². The van der Waals surface area contributed by atoms with E-state index in [0.717, 1.165) is 6.42 Å². The average molecular weight is 216 g/mol. The van der Waals surface area contributed by atoms with Crippen LogP contribution in [0.2, 0.25) is 0 Å². The van der Waals surface area contributed by atoms with Gasteiger partial charge in [-0.2, -0.15) is 0 Å². The summed E-state index contributed by atoms with van der Waals surface area (Å²) in [5.74, 6) is 0.128. The molecule has 0 spiro atoms. The van der Waals surface area contributed by atoms with E-state index in [1.165, 1.54) is 0 Å². The topological polar surface area (TPSA) is 64.3 Å². The van der Waals surface area contributed by atoms with Crippen molar-refractivity contribution in [2.75, 3.05) is 13.2 Å². The van der Waals surface area contributed by atoms with Crippen molar-refractivity contribution in [3.05, 3.63) is 0 Å². The molecule has 15 heavy (non-hydrogen) atoms. The van der Waals surface area contributed by atoms with Crippen molar-refractivity contribution in [1.82, 2.24) is 5.32 Å². The van der Waals surface area contributed by atoms with Gasteiger partial charge in [0.15, 0.2) is 0 Å². The number of carbonyl (C=O) groups excluding carboxylic acids is 1. The van der Waals surface area contributed by atoms with Crippen LogP contribution in [-0.2, 0) is 9.53 Å². The molecule has 0 rings (SSSR count). The molecule has 4 nitrogen and oxygen atoms in total. The zero-order valence-electron chi connectivity index (χ0n) is 10.2. The Labute approximate surface area is 92.6 Å². The molecule has 1 amide bonds. The van der Waals surface area contributed by atoms with Gasteiger partial charge in [-0.3, -0.25) is 4.79 Å². The van der Waals surface area contributed by atoms with Crippen molar-refractivity contribution >= 4 is 5.91 Å². The molecule has 0 aliphatic carbocycles. The summed E-state index contributed by atoms with van der Waals surface area (Å²) in [6.45, 7) is 9.06. The lowest BCUT2D eigenvalue weighted by Gasteiger charge is -2.19. The molecule has 0 aromatic heterocycles. The minimum Gasteiger partial charge on any atom is -0.377 e. The molecular formula is C11H24N2O2. The second-order valence-electron chi connectivity index (χ2n) is 3.92. The number of hydrogen-bond acceptors (Lipinski definition) is 3. The smallest absolute Gasteiger partial charge is 0.237 e. The quantitative estimate of drug-likeness (QED) is 0.664. The van der Waals surface area contributed by atoms with Gasteiger partial charge >= 0.3 is 0 Å². The van der Waals surface area contributed by atoms with Crippen molar-refractivity contribution in [3.8, 4) is 0 Å². The van der Waals surface area contributed by atoms with Gasteiger partial charge in [0, 0.05) is 13.2 Å². The molecule has 0 aliphatic rings. The van der Waals surface area contributed by atoms with Crippen LogP contribution in [0.5, 0.6) is 0 Å². The van der Waals surface area contributed by atoms with Crippen LogP contribution in [-0.4, -0.2) is 31.2 Å². The summed E-state index contributed by atoms with van der Waals surface area (Å²) in [5.41, 5.74) is 5.78. The van der Waals surface area contributed by atoms with Crippen LogP contribution in [0.4, 0.5) is 0 Å². The van der Waals surface area contributed by atoms with Gasteiger partial charge < -0.3 is 15.8 Å². The van der Waals surface area contributed by atoms with Crippen LogP contribution in [0.15, 0.2) is 0 Å². The van der Waals surface area contributed by atoms with Crippen molar-refractivity contribution in [3.63, 3.8) is 0 Å². The zero-order valence-corrected chi connectivity index (χ0v) is 10.2. The normalized spacial score (nSPS) is 16.9. The van der Waals surface area contributed by atoms with Crippen LogP contribution in [0, 0.1) is 5.92 Å². The maximum absolute atomic E-state index is 11.6. The monoisotopic (exact) mass is 216 g/mol. The molecule has 0 aromatic rings. The Morgan fingerprint density at radius 2 is 2.00 bits per heavy atom. The second-order valence-corrected chi connectivity index (χ2v) is 3.92. The molecule has 0 saturated carbocycles. The SMILES string of the molecule is CCOC(C)CNC(=O)C(N)C(C)CC. The van der Waals surface area contributed by atoms with Crippen molar-refractivity contribution < 1.29 is 9.53 Å². The standard InChI is InChI=1S/C11H24N2O2/c1-5-8(3)10(12)11(14)13-7-9(4)15-6-2/h8-10H,5-7,12H2,1-4H3,(H,13,14). The van der Waals surface area contributed by atoms with E-state index in [1.54, 1.807) is 0 Å². The number of ether oxygens (including phenoxy) is 1. The van der Waals surface area contributed by atoms with Gasteiger partial charge in [-0.15, -0.1) is 0 Å². The molecule has 0 radical (unpaired) electrons. The molecule has 0 saturated heterocycles. The van der Waals surface area contributed by atoms with Gasteiger partial charge in [0.1, 0.15) is 0 Å². The number of rotatable bonds is 7. The fourth-order valence-corrected chi connectivity index (χ4v) is 1.22. The Morgan fingerprint density at radius 1 is 1.40 bits per heavy atom. The third-order valence-electron chi connectivity index (χ3n) is 2.57. The van der Waals surface area contributed by atoms with Crippen molar-refractivity contribution in [2.45, 2.75) is 46.3 Å². The number of nitrogens with two attached hydrogens (primary N) is 1. The molecule has 0 fully saturated rings. The molecule has 0 aliphatic heterocycles. The fourth-order valence-electron chi connectivity index (χ4n) is 1.22. The largest absolute Gasteiger partial charge is 0.377 e. The summed E-state index contributed by atoms with van der Waals surface area (Å²) in [6.07, 6.45) is 0.957. The second kappa shape index (κ2) is 7.65. The summed E-state index contributed by atoms with van der Waals surface area (Å²) in [4.78, 5) is 11.6. The number of amides is 1. The molecule has 3 atom stereocenters. The van der Waals surface area contributed by atoms with E-state index in [9.17, 15) is 4.79 Å². The van der Waals surface area contributed by atoms with E-state index in [-0.39, 0.29) is 17.9 Å². The van der Waals surface area contributed by atoms with E-state index in [0.29, 0.717) is 13.2 Å². The average Bonchev–Trinajstić information content (AvgIpc) is 2.24. The first-order valence-electron chi connectivity index (χ1n) is 5.67. The third kappa shape index (κ3) is 5.74. The molecule has 3 N–H and O–H groups in total. The Kier molecular flexibility index (Phi) is 7.34. The van der Waals surface area contributed by atoms with Crippen LogP contribution in [0.3, 0.4) is 0 Å². The van der Waals surface area contributed by atoms with Crippen LogP contribution >= 0.6 is 0 Å². The van der Waals surface area contributed by atoms with E-state index < -0.39 is 6.04 Å². The summed E-state index contributed by atoms with van der Waals surface area (Å²) in [5, 5.41) is 2.79. The first-order valence-corrected chi connectivity index (χ1v) is 5.67. The predicted molar refractivity (Wildman–Crippen MR) is 61.5 cm³/mol. The molecule has 4 heteroatoms. The molecular weight excluding hydrogens is 192 g/mol. The lowest BCUT2D eigenvalue weighted by Crippen LogP contribution is -2.46. The first kappa shape index (κ1) is 14.4. The van der Waals surface area contributed by atoms with Gasteiger partial charge in [0.05, 0.1) is 12.1 Å². The number of nitrogens with one attached hydrogen (secondary N) is 1. The van der Waals surface area contributed by atoms with Gasteiger partial charge in [0.2, 0.25) is 5.91 Å². The van der Waals surface area contributed by atoms with Gasteiger partial charge in [-0.1, -0.05) is 20.3 Å². The first-order chi connectivity index (χ1) is 7.02. The minimum absolute atomic E-state index is 0.0445. The van der Waals surface area contributed by atoms with Gasteiger partial charge in [-0.25, -0.2) is 0 Å². The molecule has 3 unspecified atom stereocenters. The predicted octanol–water partition coefficient (Wildman–Crippen LogP) is 0.901. The highest BCUT2D eigenvalue weighted by Crippen LogP contribution is 2.04. The molecule has 90 valence electrons. The van der Waals surface area contributed by atoms with E-state index >= 15 is 0 Å². The molecule has 0 bridgehead atoms. The van der Waals surface area contributed by atoms with Crippen molar-refractivity contribution in [1.29, 1.82) is 0 Å². The Hall–Kier alpha value is -0.610. The van der Waals surface area contributed by atoms with Gasteiger partial charge in [0.25, 0.3) is 0 Å². The highest BCUT2D eigenvalue weighted by Gasteiger charge is 2.19. The summed E-state index contributed by atoms with van der Waals surface area (Å²) in [7, 11) is 0. The number of carbonyl (C=O) groups is 1. The Balaban J connectivity index is 3.82. The van der Waals surface area contributed by atoms with E-state index in [2.05, 4.69) is 5.32 Å². The maximum Gasteiger partial charge on any atom is 0.237 e. The zero-order chi connectivity index (χ0) is 11.8. The Bertz CT molecular complexity index is 185. The lowest BCUT2D eigenvalue weighted by atomic mass is 9.99. The van der Waals surface area contributed by atoms with Crippen LogP contribution < -0.4 is 11.1 Å². The Morgan fingerprint density at radius 3 is 2.47 bits per heavy atom. The van der Waals surface area contributed by atoms with Crippen LogP contribution in [0.1, 0.15) is 34.1 Å². The summed E-state index contributed by atoms with van der Waals surface area (Å²) >= 11 is 0. The van der Waals surface area contributed by atoms with Crippen molar-refractivity contribution in [2.24, 2.45) is 11.7 Å². The fraction of sp³-hybridized carbons (Fsp3) is 0.909. The highest BCUT2D eigenvalue weighted by molar-refractivity contribution is 5.81. The van der Waals surface area contributed by atoms with E-state index in [1.807, 2.05) is 27.7 Å². The van der Waals surface area contributed by atoms with Gasteiger partial charge in [-0.05, 0) is 19.8 Å². The highest BCUT2D eigenvalue weighted by atomic mass is 16.5. The summed E-state index contributed by atoms with van der Waals surface area (Å²) in [6, 6.07) is -0.413. The lowest BCUT2D eigenvalue weighted by molar-refractivity contribution is -0.124. The molecule has 0 aromatic carbocycles. The maximum atomic E-state index is 11.6. The molecule has 0 heterocycles. The number of hydrogen-bond donors (Lipinski definition) is 2.